The molecule has 1 aliphatic rings. The van der Waals surface area contributed by atoms with Crippen LogP contribution in [0.2, 0.25) is 0 Å². The summed E-state index contributed by atoms with van der Waals surface area (Å²) in [5.41, 5.74) is 5.60. The Morgan fingerprint density at radius 1 is 1.42 bits per heavy atom. The van der Waals surface area contributed by atoms with E-state index in [0.717, 1.165) is 38.8 Å². The molecule has 1 fully saturated rings. The van der Waals surface area contributed by atoms with Gasteiger partial charge in [0.05, 0.1) is 18.8 Å². The summed E-state index contributed by atoms with van der Waals surface area (Å²) in [4.78, 5) is 14.4. The third-order valence-corrected chi connectivity index (χ3v) is 4.18. The van der Waals surface area contributed by atoms with Crippen LogP contribution in [0.25, 0.3) is 0 Å². The third kappa shape index (κ3) is 5.11. The molecular weight excluding hydrogens is 240 g/mol. The van der Waals surface area contributed by atoms with Gasteiger partial charge in [-0.15, -0.1) is 0 Å². The molecule has 0 aromatic heterocycles. The normalized spacial score (nSPS) is 25.4. The Balaban J connectivity index is 2.45. The summed E-state index contributed by atoms with van der Waals surface area (Å²) in [5.74, 6) is 0.880. The molecule has 4 heteroatoms. The minimum Gasteiger partial charge on any atom is -0.375 e. The molecule has 0 aliphatic carbocycles. The van der Waals surface area contributed by atoms with Gasteiger partial charge in [0.2, 0.25) is 5.91 Å². The molecule has 1 heterocycles. The van der Waals surface area contributed by atoms with Gasteiger partial charge in [-0.3, -0.25) is 4.79 Å². The smallest absolute Gasteiger partial charge is 0.222 e. The molecule has 0 spiro atoms. The summed E-state index contributed by atoms with van der Waals surface area (Å²) in [7, 11) is 0. The van der Waals surface area contributed by atoms with Crippen LogP contribution in [0.3, 0.4) is 0 Å². The number of nitrogens with zero attached hydrogens (tertiary/aromatic N) is 1. The second kappa shape index (κ2) is 8.54. The first kappa shape index (κ1) is 16.4. The van der Waals surface area contributed by atoms with E-state index >= 15 is 0 Å². The highest BCUT2D eigenvalue weighted by Gasteiger charge is 2.29. The van der Waals surface area contributed by atoms with Gasteiger partial charge in [0, 0.05) is 13.0 Å². The van der Waals surface area contributed by atoms with Crippen LogP contribution in [0.1, 0.15) is 52.9 Å². The van der Waals surface area contributed by atoms with Gasteiger partial charge in [-0.05, 0) is 38.6 Å². The van der Waals surface area contributed by atoms with Crippen LogP contribution in [0.4, 0.5) is 0 Å². The van der Waals surface area contributed by atoms with Crippen molar-refractivity contribution in [3.05, 3.63) is 0 Å². The number of rotatable bonds is 7. The minimum atomic E-state index is 0.165. The molecule has 112 valence electrons. The molecule has 3 atom stereocenters. The molecule has 3 unspecified atom stereocenters. The van der Waals surface area contributed by atoms with Gasteiger partial charge >= 0.3 is 0 Å². The number of ether oxygens (including phenoxy) is 1. The van der Waals surface area contributed by atoms with Crippen LogP contribution in [0.5, 0.6) is 0 Å². The Morgan fingerprint density at radius 3 is 2.74 bits per heavy atom. The lowest BCUT2D eigenvalue weighted by Crippen LogP contribution is -2.51. The van der Waals surface area contributed by atoms with E-state index in [9.17, 15) is 4.79 Å². The van der Waals surface area contributed by atoms with Crippen molar-refractivity contribution in [2.75, 3.05) is 19.7 Å². The number of hydrogen-bond donors (Lipinski definition) is 1. The van der Waals surface area contributed by atoms with Crippen LogP contribution in [0, 0.1) is 5.92 Å². The van der Waals surface area contributed by atoms with Gasteiger partial charge < -0.3 is 15.4 Å². The van der Waals surface area contributed by atoms with E-state index in [-0.39, 0.29) is 18.1 Å². The topological polar surface area (TPSA) is 55.6 Å². The standard InChI is InChI=1S/C15H30N2O2/c1-4-13(8-9-16)6-7-15(18)17-10-12(3)19-11-14(17)5-2/h12-14H,4-11,16H2,1-3H3. The molecule has 1 rings (SSSR count). The van der Waals surface area contributed by atoms with E-state index in [1.165, 1.54) is 0 Å². The third-order valence-electron chi connectivity index (χ3n) is 4.18. The Kier molecular flexibility index (Phi) is 7.39. The fourth-order valence-electron chi connectivity index (χ4n) is 2.75. The van der Waals surface area contributed by atoms with Gasteiger partial charge in [-0.1, -0.05) is 20.3 Å². The van der Waals surface area contributed by atoms with Crippen molar-refractivity contribution in [2.45, 2.75) is 65.0 Å². The van der Waals surface area contributed by atoms with Crippen LogP contribution in [-0.4, -0.2) is 42.6 Å². The molecular formula is C15H30N2O2. The molecule has 4 nitrogen and oxygen atoms in total. The fourth-order valence-corrected chi connectivity index (χ4v) is 2.75. The highest BCUT2D eigenvalue weighted by Crippen LogP contribution is 2.19. The Bertz CT molecular complexity index is 271. The summed E-state index contributed by atoms with van der Waals surface area (Å²) in [5, 5.41) is 0. The lowest BCUT2D eigenvalue weighted by molar-refractivity contribution is -0.144. The first-order valence-corrected chi connectivity index (χ1v) is 7.73. The van der Waals surface area contributed by atoms with Gasteiger partial charge in [0.15, 0.2) is 0 Å². The number of amides is 1. The summed E-state index contributed by atoms with van der Waals surface area (Å²) in [6.45, 7) is 8.48. The first-order chi connectivity index (χ1) is 9.12. The molecule has 0 radical (unpaired) electrons. The Labute approximate surface area is 117 Å². The lowest BCUT2D eigenvalue weighted by Gasteiger charge is -2.38. The largest absolute Gasteiger partial charge is 0.375 e. The van der Waals surface area contributed by atoms with Crippen LogP contribution in [0.15, 0.2) is 0 Å². The minimum absolute atomic E-state index is 0.165. The molecule has 1 aliphatic heterocycles. The molecule has 0 saturated carbocycles. The van der Waals surface area contributed by atoms with E-state index in [1.807, 2.05) is 11.8 Å². The van der Waals surface area contributed by atoms with Gasteiger partial charge in [-0.25, -0.2) is 0 Å². The van der Waals surface area contributed by atoms with Gasteiger partial charge in [0.25, 0.3) is 0 Å². The van der Waals surface area contributed by atoms with E-state index < -0.39 is 0 Å². The number of carbonyl (C=O) groups excluding carboxylic acids is 1. The molecule has 0 aromatic rings. The highest BCUT2D eigenvalue weighted by atomic mass is 16.5. The van der Waals surface area contributed by atoms with E-state index in [2.05, 4.69) is 13.8 Å². The van der Waals surface area contributed by atoms with Crippen LogP contribution >= 0.6 is 0 Å². The Morgan fingerprint density at radius 2 is 2.16 bits per heavy atom. The van der Waals surface area contributed by atoms with Crippen molar-refractivity contribution in [1.29, 1.82) is 0 Å². The van der Waals surface area contributed by atoms with Crippen molar-refractivity contribution in [1.82, 2.24) is 4.90 Å². The summed E-state index contributed by atoms with van der Waals surface area (Å²) in [6.07, 6.45) is 4.90. The highest BCUT2D eigenvalue weighted by molar-refractivity contribution is 5.76. The zero-order chi connectivity index (χ0) is 14.3. The van der Waals surface area contributed by atoms with Crippen molar-refractivity contribution < 1.29 is 9.53 Å². The maximum Gasteiger partial charge on any atom is 0.222 e. The molecule has 19 heavy (non-hydrogen) atoms. The quantitative estimate of drug-likeness (QED) is 0.771. The average molecular weight is 270 g/mol. The van der Waals surface area contributed by atoms with Crippen molar-refractivity contribution in [2.24, 2.45) is 11.7 Å². The first-order valence-electron chi connectivity index (χ1n) is 7.73. The molecule has 0 aromatic carbocycles. The van der Waals surface area contributed by atoms with Crippen LogP contribution < -0.4 is 5.73 Å². The predicted octanol–water partition coefficient (Wildman–Crippen LogP) is 2.17. The fraction of sp³-hybridized carbons (Fsp3) is 0.933. The summed E-state index contributed by atoms with van der Waals surface area (Å²) < 4.78 is 5.64. The Hall–Kier alpha value is -0.610. The number of nitrogens with two attached hydrogens (primary N) is 1. The van der Waals surface area contributed by atoms with Gasteiger partial charge in [-0.2, -0.15) is 0 Å². The molecule has 0 bridgehead atoms. The van der Waals surface area contributed by atoms with Crippen molar-refractivity contribution in [3.8, 4) is 0 Å². The maximum absolute atomic E-state index is 12.4. The second-order valence-electron chi connectivity index (χ2n) is 5.64. The van der Waals surface area contributed by atoms with E-state index in [1.54, 1.807) is 0 Å². The number of hydrogen-bond acceptors (Lipinski definition) is 3. The SMILES string of the molecule is CCC(CCN)CCC(=O)N1CC(C)OCC1CC. The molecule has 1 amide bonds. The average Bonchev–Trinajstić information content (AvgIpc) is 2.43. The van der Waals surface area contributed by atoms with Crippen LogP contribution in [-0.2, 0) is 9.53 Å². The lowest BCUT2D eigenvalue weighted by atomic mass is 9.96. The zero-order valence-corrected chi connectivity index (χ0v) is 12.7. The van der Waals surface area contributed by atoms with E-state index in [0.29, 0.717) is 18.9 Å². The van der Waals surface area contributed by atoms with Crippen molar-refractivity contribution in [3.63, 3.8) is 0 Å². The number of carbonyl (C=O) groups is 1. The summed E-state index contributed by atoms with van der Waals surface area (Å²) >= 11 is 0. The van der Waals surface area contributed by atoms with Gasteiger partial charge in [0.1, 0.15) is 0 Å². The zero-order valence-electron chi connectivity index (χ0n) is 12.7. The second-order valence-corrected chi connectivity index (χ2v) is 5.64. The predicted molar refractivity (Wildman–Crippen MR) is 77.9 cm³/mol. The maximum atomic E-state index is 12.4. The molecule has 1 saturated heterocycles. The van der Waals surface area contributed by atoms with E-state index in [4.69, 9.17) is 10.5 Å². The summed E-state index contributed by atoms with van der Waals surface area (Å²) in [6, 6.07) is 0.262. The molecule has 2 N–H and O–H groups in total. The number of morpholine rings is 1. The van der Waals surface area contributed by atoms with Crippen molar-refractivity contribution >= 4 is 5.91 Å². The monoisotopic (exact) mass is 270 g/mol.